The zero-order chi connectivity index (χ0) is 24.4. The minimum atomic E-state index is -0.337. The maximum absolute atomic E-state index is 13.4. The van der Waals surface area contributed by atoms with Crippen molar-refractivity contribution in [2.75, 3.05) is 19.2 Å². The number of amides is 2. The van der Waals surface area contributed by atoms with Crippen LogP contribution in [0.5, 0.6) is 17.2 Å². The summed E-state index contributed by atoms with van der Waals surface area (Å²) in [7, 11) is 1.59. The van der Waals surface area contributed by atoms with Crippen LogP contribution in [0.25, 0.3) is 10.9 Å². The highest BCUT2D eigenvalue weighted by molar-refractivity contribution is 5.89. The molecule has 0 spiro atoms. The molecule has 0 radical (unpaired) electrons. The highest BCUT2D eigenvalue weighted by Crippen LogP contribution is 2.33. The SMILES string of the molecule is COc1ccc(NC(=O)N(Cc2ccc3c(c2)OCO3)Cc2cc3cccc(C)c3[nH]c2=O)cc1. The maximum atomic E-state index is 13.4. The first-order chi connectivity index (χ1) is 17.0. The van der Waals surface area contributed by atoms with Crippen molar-refractivity contribution in [1.29, 1.82) is 0 Å². The molecule has 0 unspecified atom stereocenters. The summed E-state index contributed by atoms with van der Waals surface area (Å²) in [6, 6.07) is 20.0. The molecule has 0 saturated heterocycles. The van der Waals surface area contributed by atoms with Crippen LogP contribution < -0.4 is 25.1 Å². The Morgan fingerprint density at radius 3 is 2.63 bits per heavy atom. The van der Waals surface area contributed by atoms with Crippen molar-refractivity contribution in [2.24, 2.45) is 0 Å². The minimum Gasteiger partial charge on any atom is -0.497 e. The first-order valence-corrected chi connectivity index (χ1v) is 11.2. The van der Waals surface area contributed by atoms with Crippen molar-refractivity contribution >= 4 is 22.6 Å². The molecule has 1 aromatic heterocycles. The standard InChI is InChI=1S/C27H25N3O5/c1-17-4-3-5-19-13-20(26(31)29-25(17)19)15-30(14-18-6-11-23-24(12-18)35-16-34-23)27(32)28-21-7-9-22(33-2)10-8-21/h3-13H,14-16H2,1-2H3,(H,28,32)(H,29,31). The van der Waals surface area contributed by atoms with Crippen molar-refractivity contribution in [3.63, 3.8) is 0 Å². The number of pyridine rings is 1. The van der Waals surface area contributed by atoms with E-state index in [9.17, 15) is 9.59 Å². The number of carbonyl (C=O) groups excluding carboxylic acids is 1. The number of rotatable bonds is 6. The second-order valence-electron chi connectivity index (χ2n) is 8.37. The summed E-state index contributed by atoms with van der Waals surface area (Å²) in [5.41, 5.74) is 3.53. The van der Waals surface area contributed by atoms with Gasteiger partial charge in [0.05, 0.1) is 19.2 Å². The molecular formula is C27H25N3O5. The normalized spacial score (nSPS) is 11.9. The summed E-state index contributed by atoms with van der Waals surface area (Å²) in [4.78, 5) is 30.8. The fourth-order valence-corrected chi connectivity index (χ4v) is 4.09. The molecule has 0 fully saturated rings. The van der Waals surface area contributed by atoms with Gasteiger partial charge in [0, 0.05) is 17.8 Å². The van der Waals surface area contributed by atoms with Gasteiger partial charge in [0.25, 0.3) is 5.56 Å². The molecule has 4 aromatic rings. The van der Waals surface area contributed by atoms with Crippen LogP contribution in [0.4, 0.5) is 10.5 Å². The number of H-pyrrole nitrogens is 1. The van der Waals surface area contributed by atoms with E-state index >= 15 is 0 Å². The average molecular weight is 472 g/mol. The number of methoxy groups -OCH3 is 1. The van der Waals surface area contributed by atoms with Gasteiger partial charge in [-0.05, 0) is 65.9 Å². The molecule has 0 saturated carbocycles. The highest BCUT2D eigenvalue weighted by Gasteiger charge is 2.20. The van der Waals surface area contributed by atoms with Crippen LogP contribution in [-0.2, 0) is 13.1 Å². The smallest absolute Gasteiger partial charge is 0.322 e. The number of anilines is 1. The van der Waals surface area contributed by atoms with E-state index < -0.39 is 0 Å². The van der Waals surface area contributed by atoms with Crippen LogP contribution in [0.1, 0.15) is 16.7 Å². The van der Waals surface area contributed by atoms with Crippen LogP contribution in [0.15, 0.2) is 71.5 Å². The van der Waals surface area contributed by atoms with Gasteiger partial charge in [0.1, 0.15) is 5.75 Å². The Kier molecular flexibility index (Phi) is 6.01. The summed E-state index contributed by atoms with van der Waals surface area (Å²) in [6.07, 6.45) is 0. The molecule has 8 heteroatoms. The zero-order valence-electron chi connectivity index (χ0n) is 19.5. The number of nitrogens with zero attached hydrogens (tertiary/aromatic N) is 1. The number of carbonyl (C=O) groups is 1. The summed E-state index contributed by atoms with van der Waals surface area (Å²) in [5, 5.41) is 3.83. The van der Waals surface area contributed by atoms with Crippen LogP contribution in [0.3, 0.4) is 0 Å². The summed E-state index contributed by atoms with van der Waals surface area (Å²) >= 11 is 0. The first kappa shape index (κ1) is 22.3. The van der Waals surface area contributed by atoms with Crippen LogP contribution in [-0.4, -0.2) is 29.8 Å². The Balaban J connectivity index is 1.45. The summed E-state index contributed by atoms with van der Waals surface area (Å²) in [6.45, 7) is 2.51. The predicted molar refractivity (Wildman–Crippen MR) is 133 cm³/mol. The van der Waals surface area contributed by atoms with Crippen LogP contribution in [0, 0.1) is 6.92 Å². The van der Waals surface area contributed by atoms with Crippen molar-refractivity contribution in [3.8, 4) is 17.2 Å². The molecule has 35 heavy (non-hydrogen) atoms. The number of hydrogen-bond acceptors (Lipinski definition) is 5. The van der Waals surface area contributed by atoms with E-state index in [1.54, 1.807) is 36.3 Å². The Morgan fingerprint density at radius 2 is 1.83 bits per heavy atom. The number of benzene rings is 3. The number of aromatic amines is 1. The third-order valence-corrected chi connectivity index (χ3v) is 5.97. The van der Waals surface area contributed by atoms with Crippen molar-refractivity contribution in [2.45, 2.75) is 20.0 Å². The predicted octanol–water partition coefficient (Wildman–Crippen LogP) is 4.81. The Hall–Kier alpha value is -4.46. The largest absolute Gasteiger partial charge is 0.497 e. The summed E-state index contributed by atoms with van der Waals surface area (Å²) < 4.78 is 16.1. The summed E-state index contributed by atoms with van der Waals surface area (Å²) in [5.74, 6) is 2.00. The van der Waals surface area contributed by atoms with Gasteiger partial charge in [0.15, 0.2) is 11.5 Å². The molecule has 1 aliphatic heterocycles. The van der Waals surface area contributed by atoms with Gasteiger partial charge < -0.3 is 29.4 Å². The van der Waals surface area contributed by atoms with Gasteiger partial charge >= 0.3 is 6.03 Å². The lowest BCUT2D eigenvalue weighted by Crippen LogP contribution is -2.35. The van der Waals surface area contributed by atoms with Crippen molar-refractivity contribution < 1.29 is 19.0 Å². The molecule has 178 valence electrons. The number of nitrogens with one attached hydrogen (secondary N) is 2. The van der Waals surface area contributed by atoms with Gasteiger partial charge in [0.2, 0.25) is 6.79 Å². The topological polar surface area (TPSA) is 92.9 Å². The van der Waals surface area contributed by atoms with E-state index in [0.717, 1.165) is 22.0 Å². The fraction of sp³-hybridized carbons (Fsp3) is 0.185. The lowest BCUT2D eigenvalue weighted by atomic mass is 10.1. The molecule has 2 N–H and O–H groups in total. The number of para-hydroxylation sites is 1. The van der Waals surface area contributed by atoms with Gasteiger partial charge in [-0.25, -0.2) is 4.79 Å². The number of hydrogen-bond donors (Lipinski definition) is 2. The zero-order valence-corrected chi connectivity index (χ0v) is 19.5. The molecule has 0 atom stereocenters. The van der Waals surface area contributed by atoms with Gasteiger partial charge in [-0.15, -0.1) is 0 Å². The Morgan fingerprint density at radius 1 is 1.03 bits per heavy atom. The average Bonchev–Trinajstić information content (AvgIpc) is 3.33. The number of urea groups is 1. The molecular weight excluding hydrogens is 446 g/mol. The van der Waals surface area contributed by atoms with E-state index in [0.29, 0.717) is 28.5 Å². The number of aromatic nitrogens is 1. The van der Waals surface area contributed by atoms with E-state index in [1.165, 1.54) is 0 Å². The lowest BCUT2D eigenvalue weighted by molar-refractivity contribution is 0.174. The molecule has 1 aliphatic rings. The van der Waals surface area contributed by atoms with Gasteiger partial charge in [-0.2, -0.15) is 0 Å². The molecule has 2 amide bonds. The van der Waals surface area contributed by atoms with E-state index in [4.69, 9.17) is 14.2 Å². The van der Waals surface area contributed by atoms with E-state index in [1.807, 2.05) is 49.4 Å². The molecule has 3 aromatic carbocycles. The number of aryl methyl sites for hydroxylation is 1. The first-order valence-electron chi connectivity index (χ1n) is 11.2. The second kappa shape index (κ2) is 9.42. The Bertz CT molecular complexity index is 1450. The van der Waals surface area contributed by atoms with E-state index in [-0.39, 0.29) is 31.5 Å². The Labute approximate surface area is 202 Å². The third kappa shape index (κ3) is 4.77. The van der Waals surface area contributed by atoms with Gasteiger partial charge in [-0.3, -0.25) is 4.79 Å². The van der Waals surface area contributed by atoms with Crippen molar-refractivity contribution in [1.82, 2.24) is 9.88 Å². The lowest BCUT2D eigenvalue weighted by Gasteiger charge is -2.23. The van der Waals surface area contributed by atoms with Crippen molar-refractivity contribution in [3.05, 3.63) is 93.8 Å². The maximum Gasteiger partial charge on any atom is 0.322 e. The quantitative estimate of drug-likeness (QED) is 0.421. The molecule has 8 nitrogen and oxygen atoms in total. The second-order valence-corrected chi connectivity index (χ2v) is 8.37. The third-order valence-electron chi connectivity index (χ3n) is 5.97. The van der Waals surface area contributed by atoms with Crippen LogP contribution in [0.2, 0.25) is 0 Å². The molecule has 2 heterocycles. The van der Waals surface area contributed by atoms with Gasteiger partial charge in [-0.1, -0.05) is 24.3 Å². The van der Waals surface area contributed by atoms with E-state index in [2.05, 4.69) is 10.3 Å². The molecule has 5 rings (SSSR count). The highest BCUT2D eigenvalue weighted by atomic mass is 16.7. The number of fused-ring (bicyclic) bond motifs is 2. The molecule has 0 aliphatic carbocycles. The fourth-order valence-electron chi connectivity index (χ4n) is 4.09. The minimum absolute atomic E-state index is 0.121. The number of ether oxygens (including phenoxy) is 3. The van der Waals surface area contributed by atoms with Crippen LogP contribution >= 0.6 is 0 Å². The molecule has 0 bridgehead atoms. The monoisotopic (exact) mass is 471 g/mol.